The fourth-order valence-corrected chi connectivity index (χ4v) is 2.75. The predicted octanol–water partition coefficient (Wildman–Crippen LogP) is 1.82. The van der Waals surface area contributed by atoms with Gasteiger partial charge in [-0.05, 0) is 18.2 Å². The average Bonchev–Trinajstić information content (AvgIpc) is 2.61. The van der Waals surface area contributed by atoms with Gasteiger partial charge in [-0.15, -0.1) is 0 Å². The zero-order chi connectivity index (χ0) is 19.3. The van der Waals surface area contributed by atoms with Gasteiger partial charge in [-0.2, -0.15) is 13.5 Å². The van der Waals surface area contributed by atoms with E-state index >= 15 is 0 Å². The van der Waals surface area contributed by atoms with E-state index in [1.54, 1.807) is 0 Å². The second kappa shape index (κ2) is 7.57. The number of hydrogen-bond acceptors (Lipinski definition) is 8. The summed E-state index contributed by atoms with van der Waals surface area (Å²) in [6.45, 7) is 0. The number of nitro benzene ring substituents is 2. The molecule has 0 aliphatic heterocycles. The van der Waals surface area contributed by atoms with Gasteiger partial charge in [0.15, 0.2) is 5.75 Å². The molecule has 0 fully saturated rings. The van der Waals surface area contributed by atoms with Crippen molar-refractivity contribution in [3.8, 4) is 5.75 Å². The van der Waals surface area contributed by atoms with Gasteiger partial charge in [0.1, 0.15) is 0 Å². The van der Waals surface area contributed by atoms with Crippen LogP contribution in [0.2, 0.25) is 0 Å². The van der Waals surface area contributed by atoms with Gasteiger partial charge < -0.3 is 4.74 Å². The fourth-order valence-electron chi connectivity index (χ4n) is 1.92. The van der Waals surface area contributed by atoms with Crippen molar-refractivity contribution in [2.75, 3.05) is 7.11 Å². The van der Waals surface area contributed by atoms with Crippen LogP contribution in [0, 0.1) is 20.2 Å². The summed E-state index contributed by atoms with van der Waals surface area (Å²) in [6, 6.07) is 8.37. The maximum atomic E-state index is 12.1. The molecular weight excluding hydrogens is 368 g/mol. The van der Waals surface area contributed by atoms with E-state index in [1.165, 1.54) is 31.4 Å². The largest absolute Gasteiger partial charge is 0.490 e. The summed E-state index contributed by atoms with van der Waals surface area (Å²) in [6.07, 6.45) is 1.06. The molecule has 0 aliphatic rings. The summed E-state index contributed by atoms with van der Waals surface area (Å²) < 4.78 is 29.1. The molecule has 2 aromatic carbocycles. The molecule has 2 rings (SSSR count). The molecule has 0 aromatic heterocycles. The Balaban J connectivity index is 2.22. The molecular formula is C14H12N4O7S. The molecule has 0 saturated carbocycles. The molecule has 2 aromatic rings. The Hall–Kier alpha value is -3.54. The molecule has 11 nitrogen and oxygen atoms in total. The van der Waals surface area contributed by atoms with E-state index in [9.17, 15) is 28.6 Å². The molecule has 0 atom stereocenters. The number of nitro groups is 2. The first kappa shape index (κ1) is 18.8. The number of nitrogens with zero attached hydrogens (tertiary/aromatic N) is 3. The summed E-state index contributed by atoms with van der Waals surface area (Å²) in [5.41, 5.74) is -0.445. The lowest BCUT2D eigenvalue weighted by Crippen LogP contribution is -2.18. The van der Waals surface area contributed by atoms with Crippen molar-refractivity contribution in [2.45, 2.75) is 4.90 Å². The van der Waals surface area contributed by atoms with Crippen LogP contribution in [0.1, 0.15) is 5.56 Å². The highest BCUT2D eigenvalue weighted by Crippen LogP contribution is 2.26. The van der Waals surface area contributed by atoms with Crippen LogP contribution in [0.3, 0.4) is 0 Å². The second-order valence-electron chi connectivity index (χ2n) is 4.80. The maximum Gasteiger partial charge on any atom is 0.311 e. The zero-order valence-corrected chi connectivity index (χ0v) is 14.0. The average molecular weight is 380 g/mol. The van der Waals surface area contributed by atoms with Gasteiger partial charge in [-0.1, -0.05) is 6.07 Å². The van der Waals surface area contributed by atoms with Crippen LogP contribution >= 0.6 is 0 Å². The van der Waals surface area contributed by atoms with Crippen LogP contribution in [0.25, 0.3) is 0 Å². The van der Waals surface area contributed by atoms with Crippen molar-refractivity contribution >= 4 is 27.6 Å². The molecule has 0 amide bonds. The van der Waals surface area contributed by atoms with E-state index in [4.69, 9.17) is 4.74 Å². The first-order chi connectivity index (χ1) is 12.2. The van der Waals surface area contributed by atoms with Gasteiger partial charge in [0.05, 0.1) is 28.1 Å². The molecule has 0 heterocycles. The Morgan fingerprint density at radius 3 is 2.46 bits per heavy atom. The number of methoxy groups -OCH3 is 1. The van der Waals surface area contributed by atoms with E-state index in [0.717, 1.165) is 24.4 Å². The molecule has 0 bridgehead atoms. The summed E-state index contributed by atoms with van der Waals surface area (Å²) >= 11 is 0. The van der Waals surface area contributed by atoms with E-state index in [2.05, 4.69) is 5.10 Å². The highest BCUT2D eigenvalue weighted by Gasteiger charge is 2.17. The lowest BCUT2D eigenvalue weighted by molar-refractivity contribution is -0.385. The normalized spacial score (nSPS) is 11.3. The van der Waals surface area contributed by atoms with Gasteiger partial charge in [0, 0.05) is 23.8 Å². The number of hydrazone groups is 1. The topological polar surface area (TPSA) is 154 Å². The van der Waals surface area contributed by atoms with Gasteiger partial charge in [0.25, 0.3) is 15.7 Å². The Labute approximate surface area is 147 Å². The Bertz CT molecular complexity index is 989. The minimum atomic E-state index is -4.14. The van der Waals surface area contributed by atoms with Crippen molar-refractivity contribution < 1.29 is 23.0 Å². The zero-order valence-electron chi connectivity index (χ0n) is 13.2. The van der Waals surface area contributed by atoms with Crippen molar-refractivity contribution in [2.24, 2.45) is 5.10 Å². The van der Waals surface area contributed by atoms with Crippen molar-refractivity contribution in [3.63, 3.8) is 0 Å². The van der Waals surface area contributed by atoms with E-state index in [1.807, 2.05) is 4.83 Å². The fraction of sp³-hybridized carbons (Fsp3) is 0.0714. The van der Waals surface area contributed by atoms with Crippen LogP contribution in [-0.4, -0.2) is 31.6 Å². The van der Waals surface area contributed by atoms with Gasteiger partial charge in [0.2, 0.25) is 0 Å². The lowest BCUT2D eigenvalue weighted by Gasteiger charge is -2.04. The Kier molecular flexibility index (Phi) is 5.47. The summed E-state index contributed by atoms with van der Waals surface area (Å²) in [5, 5.41) is 25.2. The number of non-ortho nitro benzene ring substituents is 1. The lowest BCUT2D eigenvalue weighted by atomic mass is 10.2. The quantitative estimate of drug-likeness (QED) is 0.436. The van der Waals surface area contributed by atoms with E-state index < -0.39 is 19.9 Å². The molecule has 26 heavy (non-hydrogen) atoms. The van der Waals surface area contributed by atoms with Gasteiger partial charge in [-0.3, -0.25) is 20.2 Å². The highest BCUT2D eigenvalue weighted by atomic mass is 32.2. The molecule has 136 valence electrons. The van der Waals surface area contributed by atoms with Crippen molar-refractivity contribution in [1.29, 1.82) is 0 Å². The third-order valence-corrected chi connectivity index (χ3v) is 4.35. The first-order valence-corrected chi connectivity index (χ1v) is 8.34. The van der Waals surface area contributed by atoms with Crippen LogP contribution in [0.4, 0.5) is 11.4 Å². The SMILES string of the molecule is COc1ccc(/C=N/NS(=O)(=O)c2cccc([N+](=O)[O-])c2)cc1[N+](=O)[O-]. The third kappa shape index (κ3) is 4.30. The standard InChI is InChI=1S/C14H12N4O7S/c1-25-14-6-5-10(7-13(14)18(21)22)9-15-16-26(23,24)12-4-2-3-11(8-12)17(19)20/h2-9,16H,1H3/b15-9+. The van der Waals surface area contributed by atoms with Crippen molar-refractivity contribution in [3.05, 3.63) is 68.3 Å². The van der Waals surface area contributed by atoms with Gasteiger partial charge >= 0.3 is 5.69 Å². The second-order valence-corrected chi connectivity index (χ2v) is 6.46. The number of ether oxygens (including phenoxy) is 1. The van der Waals surface area contributed by atoms with Gasteiger partial charge in [-0.25, -0.2) is 4.83 Å². The molecule has 0 spiro atoms. The Morgan fingerprint density at radius 2 is 1.85 bits per heavy atom. The third-order valence-electron chi connectivity index (χ3n) is 3.12. The summed E-state index contributed by atoms with van der Waals surface area (Å²) in [4.78, 5) is 21.8. The summed E-state index contributed by atoms with van der Waals surface area (Å²) in [5.74, 6) is 0.0457. The summed E-state index contributed by atoms with van der Waals surface area (Å²) in [7, 11) is -2.86. The van der Waals surface area contributed by atoms with Crippen molar-refractivity contribution in [1.82, 2.24) is 4.83 Å². The number of hydrogen-bond donors (Lipinski definition) is 1. The minimum Gasteiger partial charge on any atom is -0.490 e. The highest BCUT2D eigenvalue weighted by molar-refractivity contribution is 7.89. The van der Waals surface area contributed by atoms with Crippen LogP contribution in [0.15, 0.2) is 52.5 Å². The molecule has 1 N–H and O–H groups in total. The van der Waals surface area contributed by atoms with Crippen LogP contribution < -0.4 is 9.57 Å². The predicted molar refractivity (Wildman–Crippen MR) is 90.7 cm³/mol. The maximum absolute atomic E-state index is 12.1. The van der Waals surface area contributed by atoms with Crippen LogP contribution in [-0.2, 0) is 10.0 Å². The first-order valence-electron chi connectivity index (χ1n) is 6.86. The number of benzene rings is 2. The molecule has 0 radical (unpaired) electrons. The monoisotopic (exact) mass is 380 g/mol. The molecule has 0 aliphatic carbocycles. The van der Waals surface area contributed by atoms with E-state index in [-0.39, 0.29) is 27.6 Å². The number of rotatable bonds is 7. The Morgan fingerprint density at radius 1 is 1.12 bits per heavy atom. The number of nitrogens with one attached hydrogen (secondary N) is 1. The smallest absolute Gasteiger partial charge is 0.311 e. The molecule has 0 unspecified atom stereocenters. The van der Waals surface area contributed by atoms with E-state index in [0.29, 0.717) is 0 Å². The van der Waals surface area contributed by atoms with Crippen LogP contribution in [0.5, 0.6) is 5.75 Å². The number of sulfonamides is 1. The minimum absolute atomic E-state index is 0.0457. The molecule has 12 heteroatoms. The molecule has 0 saturated heterocycles.